The summed E-state index contributed by atoms with van der Waals surface area (Å²) in [5, 5.41) is 25.6. The maximum atomic E-state index is 13.6. The van der Waals surface area contributed by atoms with Crippen molar-refractivity contribution < 1.29 is 18.3 Å². The number of nitriles is 1. The van der Waals surface area contributed by atoms with Gasteiger partial charge in [0.1, 0.15) is 5.56 Å². The highest BCUT2D eigenvalue weighted by molar-refractivity contribution is 5.83. The third-order valence-electron chi connectivity index (χ3n) is 4.78. The Labute approximate surface area is 163 Å². The number of nitrogens with one attached hydrogen (secondary N) is 2. The van der Waals surface area contributed by atoms with Crippen molar-refractivity contribution in [2.75, 3.05) is 18.4 Å². The van der Waals surface area contributed by atoms with Crippen LogP contribution in [-0.4, -0.2) is 44.9 Å². The van der Waals surface area contributed by atoms with Gasteiger partial charge in [0.05, 0.1) is 23.3 Å². The average molecular weight is 402 g/mol. The van der Waals surface area contributed by atoms with Gasteiger partial charge in [0.15, 0.2) is 5.82 Å². The minimum atomic E-state index is -4.65. The van der Waals surface area contributed by atoms with Gasteiger partial charge in [-0.2, -0.15) is 23.4 Å². The van der Waals surface area contributed by atoms with Crippen molar-refractivity contribution in [1.29, 1.82) is 5.26 Å². The molecular formula is C19H17F3N6O. The van der Waals surface area contributed by atoms with Gasteiger partial charge in [-0.1, -0.05) is 6.07 Å². The zero-order valence-electron chi connectivity index (χ0n) is 15.1. The van der Waals surface area contributed by atoms with Gasteiger partial charge < -0.3 is 20.3 Å². The van der Waals surface area contributed by atoms with E-state index in [-0.39, 0.29) is 17.8 Å². The number of alkyl halides is 3. The van der Waals surface area contributed by atoms with E-state index in [1.54, 1.807) is 18.2 Å². The van der Waals surface area contributed by atoms with E-state index in [0.29, 0.717) is 36.0 Å². The number of benzene rings is 1. The van der Waals surface area contributed by atoms with Gasteiger partial charge in [-0.05, 0) is 24.6 Å². The molecule has 1 aromatic carbocycles. The fraction of sp³-hybridized carbons (Fsp3) is 0.316. The molecule has 0 radical (unpaired) electrons. The molecule has 0 bridgehead atoms. The number of halogens is 3. The lowest BCUT2D eigenvalue weighted by molar-refractivity contribution is -0.137. The van der Waals surface area contributed by atoms with E-state index in [2.05, 4.69) is 20.6 Å². The van der Waals surface area contributed by atoms with E-state index < -0.39 is 17.8 Å². The normalized spacial score (nSPS) is 19.8. The van der Waals surface area contributed by atoms with Crippen molar-refractivity contribution in [3.8, 4) is 11.9 Å². The van der Waals surface area contributed by atoms with Crippen molar-refractivity contribution in [1.82, 2.24) is 19.9 Å². The van der Waals surface area contributed by atoms with E-state index >= 15 is 0 Å². The standard InChI is InChI=1S/C19H17F3N6O/c20-19(21,22)15-10-25-18(26-13-6-14(29)9-24-8-13)27-17(15)28-4-3-12-2-1-11(7-23)5-16(12)28/h1-5,10,13-14,24,29H,6,8-9H2,(H,25,26,27)/t13-,14+/m0/s1. The van der Waals surface area contributed by atoms with Crippen LogP contribution in [0, 0.1) is 11.3 Å². The molecule has 0 saturated carbocycles. The fourth-order valence-electron chi connectivity index (χ4n) is 3.42. The quantitative estimate of drug-likeness (QED) is 0.623. The van der Waals surface area contributed by atoms with Crippen LogP contribution in [0.1, 0.15) is 17.5 Å². The van der Waals surface area contributed by atoms with E-state index in [0.717, 1.165) is 6.20 Å². The number of nitrogens with zero attached hydrogens (tertiary/aromatic N) is 4. The number of anilines is 1. The topological polar surface area (TPSA) is 98.8 Å². The zero-order chi connectivity index (χ0) is 20.6. The molecule has 2 aromatic heterocycles. The monoisotopic (exact) mass is 402 g/mol. The predicted octanol–water partition coefficient (Wildman–Crippen LogP) is 2.45. The predicted molar refractivity (Wildman–Crippen MR) is 99.5 cm³/mol. The summed E-state index contributed by atoms with van der Waals surface area (Å²) in [6.45, 7) is 1.00. The summed E-state index contributed by atoms with van der Waals surface area (Å²) >= 11 is 0. The number of hydrogen-bond acceptors (Lipinski definition) is 6. The maximum absolute atomic E-state index is 13.6. The lowest BCUT2D eigenvalue weighted by atomic mass is 10.1. The Morgan fingerprint density at radius 2 is 2.10 bits per heavy atom. The lowest BCUT2D eigenvalue weighted by Crippen LogP contribution is -2.46. The molecule has 1 saturated heterocycles. The number of β-amino-alcohol motifs (C(OH)–C–C–N with tert-alkyl or cyclic N) is 1. The first-order valence-corrected chi connectivity index (χ1v) is 8.96. The van der Waals surface area contributed by atoms with Gasteiger partial charge in [0.25, 0.3) is 0 Å². The Morgan fingerprint density at radius 1 is 1.28 bits per heavy atom. The molecule has 29 heavy (non-hydrogen) atoms. The highest BCUT2D eigenvalue weighted by atomic mass is 19.4. The SMILES string of the molecule is N#Cc1ccc2ccn(-c3nc(N[C@@H]4CNC[C@H](O)C4)ncc3C(F)(F)F)c2c1. The van der Waals surface area contributed by atoms with Crippen LogP contribution < -0.4 is 10.6 Å². The van der Waals surface area contributed by atoms with Gasteiger partial charge in [-0.15, -0.1) is 0 Å². The van der Waals surface area contributed by atoms with Crippen LogP contribution in [0.3, 0.4) is 0 Å². The Morgan fingerprint density at radius 3 is 2.83 bits per heavy atom. The minimum Gasteiger partial charge on any atom is -0.392 e. The number of hydrogen-bond donors (Lipinski definition) is 3. The van der Waals surface area contributed by atoms with Gasteiger partial charge >= 0.3 is 6.18 Å². The minimum absolute atomic E-state index is 0.0344. The number of aliphatic hydroxyl groups is 1. The van der Waals surface area contributed by atoms with Crippen LogP contribution in [0.4, 0.5) is 19.1 Å². The molecule has 3 heterocycles. The summed E-state index contributed by atoms with van der Waals surface area (Å²) in [4.78, 5) is 7.97. The maximum Gasteiger partial charge on any atom is 0.421 e. The summed E-state index contributed by atoms with van der Waals surface area (Å²) in [6.07, 6.45) is -2.53. The van der Waals surface area contributed by atoms with E-state index in [1.807, 2.05) is 6.07 Å². The second-order valence-electron chi connectivity index (χ2n) is 6.89. The molecule has 0 unspecified atom stereocenters. The molecule has 4 rings (SSSR count). The number of aromatic nitrogens is 3. The molecular weight excluding hydrogens is 385 g/mol. The van der Waals surface area contributed by atoms with Gasteiger partial charge in [0, 0.05) is 36.9 Å². The Balaban J connectivity index is 1.79. The van der Waals surface area contributed by atoms with Crippen LogP contribution in [0.15, 0.2) is 36.7 Å². The van der Waals surface area contributed by atoms with Gasteiger partial charge in [0.2, 0.25) is 5.95 Å². The molecule has 3 aromatic rings. The van der Waals surface area contributed by atoms with Crippen molar-refractivity contribution in [3.63, 3.8) is 0 Å². The van der Waals surface area contributed by atoms with Crippen molar-refractivity contribution in [2.45, 2.75) is 24.7 Å². The lowest BCUT2D eigenvalue weighted by Gasteiger charge is -2.27. The first-order chi connectivity index (χ1) is 13.8. The molecule has 150 valence electrons. The first-order valence-electron chi connectivity index (χ1n) is 8.96. The highest BCUT2D eigenvalue weighted by Gasteiger charge is 2.36. The van der Waals surface area contributed by atoms with Crippen LogP contribution in [0.5, 0.6) is 0 Å². The van der Waals surface area contributed by atoms with Gasteiger partial charge in [-0.3, -0.25) is 0 Å². The summed E-state index contributed by atoms with van der Waals surface area (Å²) in [7, 11) is 0. The average Bonchev–Trinajstić information content (AvgIpc) is 3.10. The molecule has 1 fully saturated rings. The Hall–Kier alpha value is -3.16. The molecule has 1 aliphatic rings. The van der Waals surface area contributed by atoms with Crippen LogP contribution in [0.25, 0.3) is 16.7 Å². The molecule has 2 atom stereocenters. The second-order valence-corrected chi connectivity index (χ2v) is 6.89. The van der Waals surface area contributed by atoms with E-state index in [9.17, 15) is 18.3 Å². The van der Waals surface area contributed by atoms with Crippen LogP contribution in [0.2, 0.25) is 0 Å². The zero-order valence-corrected chi connectivity index (χ0v) is 15.1. The van der Waals surface area contributed by atoms with Crippen molar-refractivity contribution in [3.05, 3.63) is 47.8 Å². The van der Waals surface area contributed by atoms with Crippen LogP contribution >= 0.6 is 0 Å². The smallest absolute Gasteiger partial charge is 0.392 e. The van der Waals surface area contributed by atoms with Crippen molar-refractivity contribution in [2.24, 2.45) is 0 Å². The number of rotatable bonds is 3. The highest BCUT2D eigenvalue weighted by Crippen LogP contribution is 2.34. The number of piperidine rings is 1. The summed E-state index contributed by atoms with van der Waals surface area (Å²) in [5.41, 5.74) is -0.209. The number of aliphatic hydroxyl groups excluding tert-OH is 1. The van der Waals surface area contributed by atoms with E-state index in [1.165, 1.54) is 16.8 Å². The summed E-state index contributed by atoms with van der Waals surface area (Å²) in [5.74, 6) is -0.295. The summed E-state index contributed by atoms with van der Waals surface area (Å²) < 4.78 is 42.2. The number of fused-ring (bicyclic) bond motifs is 1. The van der Waals surface area contributed by atoms with Crippen LogP contribution in [-0.2, 0) is 6.18 Å². The van der Waals surface area contributed by atoms with Crippen molar-refractivity contribution >= 4 is 16.9 Å². The molecule has 3 N–H and O–H groups in total. The molecule has 0 spiro atoms. The third kappa shape index (κ3) is 3.87. The largest absolute Gasteiger partial charge is 0.421 e. The molecule has 0 amide bonds. The molecule has 0 aliphatic carbocycles. The Bertz CT molecular complexity index is 1090. The molecule has 10 heteroatoms. The second kappa shape index (κ2) is 7.35. The van der Waals surface area contributed by atoms with Gasteiger partial charge in [-0.25, -0.2) is 4.98 Å². The molecule has 1 aliphatic heterocycles. The Kier molecular flexibility index (Phi) is 4.86. The summed E-state index contributed by atoms with van der Waals surface area (Å²) in [6, 6.07) is 8.23. The first kappa shape index (κ1) is 19.2. The van der Waals surface area contributed by atoms with E-state index in [4.69, 9.17) is 5.26 Å². The third-order valence-corrected chi connectivity index (χ3v) is 4.78. The fourth-order valence-corrected chi connectivity index (χ4v) is 3.42. The molecule has 7 nitrogen and oxygen atoms in total.